The molecule has 1 unspecified atom stereocenters. The van der Waals surface area contributed by atoms with E-state index in [1.165, 1.54) is 0 Å². The third kappa shape index (κ3) is 3.32. The van der Waals surface area contributed by atoms with Crippen LogP contribution >= 0.6 is 0 Å². The van der Waals surface area contributed by atoms with Gasteiger partial charge in [0.2, 0.25) is 0 Å². The molecule has 1 aromatic heterocycles. The Labute approximate surface area is 151 Å². The second-order valence-electron chi connectivity index (χ2n) is 6.23. The highest BCUT2D eigenvalue weighted by Gasteiger charge is 2.32. The van der Waals surface area contributed by atoms with Gasteiger partial charge >= 0.3 is 5.63 Å². The Balaban J connectivity index is 1.73. The van der Waals surface area contributed by atoms with E-state index >= 15 is 0 Å². The Bertz CT molecular complexity index is 974. The molecular weight excluding hydrogens is 328 g/mol. The van der Waals surface area contributed by atoms with Gasteiger partial charge in [-0.1, -0.05) is 66.7 Å². The number of aliphatic hydroxyl groups excluding tert-OH is 1. The molecule has 3 aromatic rings. The first-order valence-electron chi connectivity index (χ1n) is 8.51. The Morgan fingerprint density at radius 2 is 1.65 bits per heavy atom. The SMILES string of the molecule is O=c1oc(/C=C/c2ccccc2)cc2c1[C@H](c1ccccc1)CC(O)O2. The molecule has 0 amide bonds. The predicted octanol–water partition coefficient (Wildman–Crippen LogP) is 4.04. The first-order valence-corrected chi connectivity index (χ1v) is 8.51. The smallest absolute Gasteiger partial charge is 0.343 e. The number of rotatable bonds is 3. The summed E-state index contributed by atoms with van der Waals surface area (Å²) < 4.78 is 11.0. The van der Waals surface area contributed by atoms with Crippen molar-refractivity contribution in [1.82, 2.24) is 0 Å². The maximum atomic E-state index is 12.6. The second kappa shape index (κ2) is 7.02. The van der Waals surface area contributed by atoms with Crippen molar-refractivity contribution in [1.29, 1.82) is 0 Å². The van der Waals surface area contributed by atoms with Crippen LogP contribution in [0.5, 0.6) is 5.75 Å². The van der Waals surface area contributed by atoms with Crippen LogP contribution in [0.3, 0.4) is 0 Å². The first-order chi connectivity index (χ1) is 12.7. The molecular formula is C22H18O4. The number of hydrogen-bond donors (Lipinski definition) is 1. The van der Waals surface area contributed by atoms with Crippen molar-refractivity contribution in [3.63, 3.8) is 0 Å². The summed E-state index contributed by atoms with van der Waals surface area (Å²) in [5.41, 5.74) is 1.97. The highest BCUT2D eigenvalue weighted by atomic mass is 16.6. The molecule has 0 fully saturated rings. The Hall–Kier alpha value is -3.11. The molecule has 1 aliphatic heterocycles. The molecule has 2 atom stereocenters. The Kier molecular flexibility index (Phi) is 4.42. The lowest BCUT2D eigenvalue weighted by Gasteiger charge is -2.28. The zero-order valence-electron chi connectivity index (χ0n) is 14.0. The van der Waals surface area contributed by atoms with E-state index < -0.39 is 11.9 Å². The van der Waals surface area contributed by atoms with E-state index in [9.17, 15) is 9.90 Å². The van der Waals surface area contributed by atoms with Gasteiger partial charge in [-0.05, 0) is 17.2 Å². The molecule has 4 rings (SSSR count). The summed E-state index contributed by atoms with van der Waals surface area (Å²) in [5, 5.41) is 10.1. The fraction of sp³-hybridized carbons (Fsp3) is 0.136. The van der Waals surface area contributed by atoms with E-state index in [1.807, 2.05) is 66.7 Å². The van der Waals surface area contributed by atoms with Gasteiger partial charge in [-0.2, -0.15) is 0 Å². The number of hydrogen-bond acceptors (Lipinski definition) is 4. The van der Waals surface area contributed by atoms with Crippen molar-refractivity contribution in [2.24, 2.45) is 0 Å². The van der Waals surface area contributed by atoms with E-state index in [-0.39, 0.29) is 5.92 Å². The molecule has 1 aliphatic rings. The van der Waals surface area contributed by atoms with E-state index in [1.54, 1.807) is 12.1 Å². The molecule has 0 saturated heterocycles. The zero-order chi connectivity index (χ0) is 17.9. The first kappa shape index (κ1) is 16.4. The minimum Gasteiger partial charge on any atom is -0.464 e. The van der Waals surface area contributed by atoms with Gasteiger partial charge in [0.05, 0.1) is 5.56 Å². The summed E-state index contributed by atoms with van der Waals surface area (Å²) >= 11 is 0. The molecule has 4 nitrogen and oxygen atoms in total. The standard InChI is InChI=1S/C22H18O4/c23-20-14-18(16-9-5-2-6-10-16)21-19(26-20)13-17(25-22(21)24)12-11-15-7-3-1-4-8-15/h1-13,18,20,23H,14H2/b12-11+/t18-,20?/m0/s1. The maximum Gasteiger partial charge on any atom is 0.343 e. The molecule has 0 spiro atoms. The number of benzene rings is 2. The van der Waals surface area contributed by atoms with Gasteiger partial charge in [-0.15, -0.1) is 0 Å². The zero-order valence-corrected chi connectivity index (χ0v) is 14.0. The average molecular weight is 346 g/mol. The minimum absolute atomic E-state index is 0.252. The Morgan fingerprint density at radius 1 is 0.962 bits per heavy atom. The fourth-order valence-electron chi connectivity index (χ4n) is 3.24. The minimum atomic E-state index is -0.958. The quantitative estimate of drug-likeness (QED) is 0.777. The topological polar surface area (TPSA) is 59.7 Å². The van der Waals surface area contributed by atoms with E-state index in [4.69, 9.17) is 9.15 Å². The fourth-order valence-corrected chi connectivity index (χ4v) is 3.24. The van der Waals surface area contributed by atoms with Gasteiger partial charge < -0.3 is 14.3 Å². The molecule has 0 bridgehead atoms. The van der Waals surface area contributed by atoms with E-state index in [0.29, 0.717) is 23.5 Å². The molecule has 0 radical (unpaired) electrons. The third-order valence-corrected chi connectivity index (χ3v) is 4.46. The summed E-state index contributed by atoms with van der Waals surface area (Å²) in [6.45, 7) is 0. The van der Waals surface area contributed by atoms with Crippen molar-refractivity contribution >= 4 is 12.2 Å². The van der Waals surface area contributed by atoms with Gasteiger partial charge in [0.1, 0.15) is 11.5 Å². The summed E-state index contributed by atoms with van der Waals surface area (Å²) in [6, 6.07) is 21.0. The monoisotopic (exact) mass is 346 g/mol. The van der Waals surface area contributed by atoms with Crippen LogP contribution in [-0.2, 0) is 0 Å². The lowest BCUT2D eigenvalue weighted by Crippen LogP contribution is -2.30. The van der Waals surface area contributed by atoms with Crippen LogP contribution in [0, 0.1) is 0 Å². The molecule has 2 aromatic carbocycles. The molecule has 26 heavy (non-hydrogen) atoms. The molecule has 1 N–H and O–H groups in total. The van der Waals surface area contributed by atoms with Gasteiger partial charge in [0.15, 0.2) is 6.29 Å². The summed E-state index contributed by atoms with van der Waals surface area (Å²) in [6.07, 6.45) is 2.94. The van der Waals surface area contributed by atoms with Crippen molar-refractivity contribution in [3.05, 3.63) is 99.6 Å². The summed E-state index contributed by atoms with van der Waals surface area (Å²) in [4.78, 5) is 12.6. The van der Waals surface area contributed by atoms with E-state index in [0.717, 1.165) is 11.1 Å². The highest BCUT2D eigenvalue weighted by molar-refractivity contribution is 5.68. The average Bonchev–Trinajstić information content (AvgIpc) is 2.67. The van der Waals surface area contributed by atoms with Crippen molar-refractivity contribution in [2.75, 3.05) is 0 Å². The Morgan fingerprint density at radius 3 is 2.38 bits per heavy atom. The largest absolute Gasteiger partial charge is 0.464 e. The highest BCUT2D eigenvalue weighted by Crippen LogP contribution is 2.38. The van der Waals surface area contributed by atoms with Crippen LogP contribution in [0.2, 0.25) is 0 Å². The van der Waals surface area contributed by atoms with Crippen LogP contribution < -0.4 is 10.4 Å². The van der Waals surface area contributed by atoms with Crippen LogP contribution in [0.4, 0.5) is 0 Å². The lowest BCUT2D eigenvalue weighted by molar-refractivity contribution is -0.0369. The van der Waals surface area contributed by atoms with Gasteiger partial charge in [-0.25, -0.2) is 4.79 Å². The van der Waals surface area contributed by atoms with Crippen molar-refractivity contribution < 1.29 is 14.3 Å². The maximum absolute atomic E-state index is 12.6. The molecule has 0 aliphatic carbocycles. The number of aliphatic hydroxyl groups is 1. The van der Waals surface area contributed by atoms with Gasteiger partial charge in [-0.3, -0.25) is 0 Å². The summed E-state index contributed by atoms with van der Waals surface area (Å²) in [7, 11) is 0. The van der Waals surface area contributed by atoms with Crippen LogP contribution in [-0.4, -0.2) is 11.4 Å². The van der Waals surface area contributed by atoms with Crippen molar-refractivity contribution in [2.45, 2.75) is 18.6 Å². The molecule has 2 heterocycles. The molecule has 0 saturated carbocycles. The number of ether oxygens (including phenoxy) is 1. The van der Waals surface area contributed by atoms with Crippen LogP contribution in [0.1, 0.15) is 34.8 Å². The van der Waals surface area contributed by atoms with Gasteiger partial charge in [0, 0.05) is 18.4 Å². The van der Waals surface area contributed by atoms with Crippen LogP contribution in [0.25, 0.3) is 12.2 Å². The number of fused-ring (bicyclic) bond motifs is 1. The molecule has 4 heteroatoms. The van der Waals surface area contributed by atoms with Gasteiger partial charge in [0.25, 0.3) is 0 Å². The lowest BCUT2D eigenvalue weighted by atomic mass is 9.87. The van der Waals surface area contributed by atoms with Crippen molar-refractivity contribution in [3.8, 4) is 5.75 Å². The third-order valence-electron chi connectivity index (χ3n) is 4.46. The van der Waals surface area contributed by atoms with Crippen LogP contribution in [0.15, 0.2) is 75.9 Å². The summed E-state index contributed by atoms with van der Waals surface area (Å²) in [5.74, 6) is 0.512. The molecule has 130 valence electrons. The second-order valence-corrected chi connectivity index (χ2v) is 6.23. The normalized spacial score (nSPS) is 19.1. The van der Waals surface area contributed by atoms with E-state index in [2.05, 4.69) is 0 Å². The predicted molar refractivity (Wildman–Crippen MR) is 99.9 cm³/mol.